The van der Waals surface area contributed by atoms with Crippen LogP contribution in [0.4, 0.5) is 31.1 Å². The summed E-state index contributed by atoms with van der Waals surface area (Å²) in [7, 11) is 0. The van der Waals surface area contributed by atoms with Gasteiger partial charge in [-0.15, -0.1) is 0 Å². The molecule has 0 saturated heterocycles. The van der Waals surface area contributed by atoms with Gasteiger partial charge in [0.1, 0.15) is 5.60 Å². The van der Waals surface area contributed by atoms with E-state index in [0.717, 1.165) is 5.56 Å². The molecular weight excluding hydrogens is 542 g/mol. The second kappa shape index (κ2) is 14.4. The van der Waals surface area contributed by atoms with Crippen LogP contribution in [0.2, 0.25) is 0 Å². The maximum Gasteiger partial charge on any atom is 0.416 e. The minimum Gasteiger partial charge on any atom is -0.444 e. The summed E-state index contributed by atoms with van der Waals surface area (Å²) in [6.45, 7) is 5.21. The predicted molar refractivity (Wildman–Crippen MR) is 136 cm³/mol. The molecule has 40 heavy (non-hydrogen) atoms. The minimum atomic E-state index is -4.95. The number of amides is 2. The number of benzene rings is 2. The molecule has 2 rings (SSSR count). The van der Waals surface area contributed by atoms with E-state index in [4.69, 9.17) is 9.47 Å². The van der Waals surface area contributed by atoms with Gasteiger partial charge in [-0.1, -0.05) is 30.3 Å². The van der Waals surface area contributed by atoms with Gasteiger partial charge in [-0.3, -0.25) is 4.79 Å². The van der Waals surface area contributed by atoms with E-state index in [1.165, 1.54) is 0 Å². The van der Waals surface area contributed by atoms with Gasteiger partial charge >= 0.3 is 18.4 Å². The van der Waals surface area contributed by atoms with Crippen LogP contribution in [0.15, 0.2) is 48.5 Å². The summed E-state index contributed by atoms with van der Waals surface area (Å²) in [4.78, 5) is 24.0. The fourth-order valence-electron chi connectivity index (χ4n) is 3.66. The van der Waals surface area contributed by atoms with Crippen LogP contribution in [0.1, 0.15) is 68.2 Å². The number of halogens is 6. The SMILES string of the molecule is CC(C)(C)OC(=O)NCCCCC(=O)NCC(COCc1cc(C(F)(F)F)cc(C(F)(F)F)c1)c1ccccc1. The van der Waals surface area contributed by atoms with Crippen LogP contribution in [0, 0.1) is 0 Å². The summed E-state index contributed by atoms with van der Waals surface area (Å²) in [5.41, 5.74) is -2.91. The monoisotopic (exact) mass is 576 g/mol. The molecule has 2 aromatic rings. The number of ether oxygens (including phenoxy) is 2. The molecule has 0 aliphatic rings. The van der Waals surface area contributed by atoms with Crippen LogP contribution in [0.3, 0.4) is 0 Å². The van der Waals surface area contributed by atoms with Gasteiger partial charge < -0.3 is 20.1 Å². The van der Waals surface area contributed by atoms with Crippen LogP contribution in [0.5, 0.6) is 0 Å². The van der Waals surface area contributed by atoms with E-state index >= 15 is 0 Å². The summed E-state index contributed by atoms with van der Waals surface area (Å²) >= 11 is 0. The highest BCUT2D eigenvalue weighted by atomic mass is 19.4. The van der Waals surface area contributed by atoms with Gasteiger partial charge in [0, 0.05) is 25.4 Å². The van der Waals surface area contributed by atoms with Crippen molar-refractivity contribution in [3.63, 3.8) is 0 Å². The molecule has 0 heterocycles. The molecule has 12 heteroatoms. The Kier molecular flexibility index (Phi) is 11.8. The molecule has 0 bridgehead atoms. The quantitative estimate of drug-likeness (QED) is 0.214. The van der Waals surface area contributed by atoms with Crippen molar-refractivity contribution in [2.45, 2.75) is 70.5 Å². The van der Waals surface area contributed by atoms with Gasteiger partial charge in [0.25, 0.3) is 0 Å². The molecular formula is C28H34F6N2O4. The zero-order chi connectivity index (χ0) is 30.0. The third kappa shape index (κ3) is 12.3. The number of alkyl halides is 6. The molecule has 1 atom stereocenters. The highest BCUT2D eigenvalue weighted by Gasteiger charge is 2.36. The molecule has 0 saturated carbocycles. The summed E-state index contributed by atoms with van der Waals surface area (Å²) in [6.07, 6.45) is -9.18. The van der Waals surface area contributed by atoms with Crippen molar-refractivity contribution in [1.82, 2.24) is 10.6 Å². The summed E-state index contributed by atoms with van der Waals surface area (Å²) < 4.78 is 89.5. The highest BCUT2D eigenvalue weighted by molar-refractivity contribution is 5.75. The fourth-order valence-corrected chi connectivity index (χ4v) is 3.66. The van der Waals surface area contributed by atoms with Crippen molar-refractivity contribution in [1.29, 1.82) is 0 Å². The van der Waals surface area contributed by atoms with E-state index in [1.54, 1.807) is 51.1 Å². The normalized spacial score (nSPS) is 13.0. The Bertz CT molecular complexity index is 1070. The lowest BCUT2D eigenvalue weighted by atomic mass is 10.00. The fraction of sp³-hybridized carbons (Fsp3) is 0.500. The molecule has 0 radical (unpaired) electrons. The number of nitrogens with one attached hydrogen (secondary N) is 2. The highest BCUT2D eigenvalue weighted by Crippen LogP contribution is 2.36. The molecule has 2 N–H and O–H groups in total. The van der Waals surface area contributed by atoms with Gasteiger partial charge in [-0.25, -0.2) is 4.79 Å². The smallest absolute Gasteiger partial charge is 0.416 e. The molecule has 0 aliphatic heterocycles. The Morgan fingerprint density at radius 1 is 0.850 bits per heavy atom. The van der Waals surface area contributed by atoms with E-state index in [2.05, 4.69) is 10.6 Å². The summed E-state index contributed by atoms with van der Waals surface area (Å²) in [5, 5.41) is 5.40. The van der Waals surface area contributed by atoms with Crippen LogP contribution < -0.4 is 10.6 Å². The summed E-state index contributed by atoms with van der Waals surface area (Å²) in [6, 6.07) is 10.2. The number of carbonyl (C=O) groups is 2. The average molecular weight is 577 g/mol. The van der Waals surface area contributed by atoms with Crippen LogP contribution >= 0.6 is 0 Å². The van der Waals surface area contributed by atoms with Crippen molar-refractivity contribution in [2.75, 3.05) is 19.7 Å². The molecule has 6 nitrogen and oxygen atoms in total. The van der Waals surface area contributed by atoms with Crippen LogP contribution in [-0.4, -0.2) is 37.3 Å². The maximum atomic E-state index is 13.1. The molecule has 222 valence electrons. The first kappa shape index (κ1) is 32.9. The van der Waals surface area contributed by atoms with Gasteiger partial charge in [-0.05, 0) is 62.9 Å². The Labute approximate surface area is 229 Å². The standard InChI is InChI=1S/C28H34F6N2O4/c1-26(2,3)40-25(38)35-12-8-7-11-24(37)36-16-21(20-9-5-4-6-10-20)18-39-17-19-13-22(27(29,30)31)15-23(14-19)28(32,33)34/h4-6,9-10,13-15,21H,7-8,11-12,16-18H2,1-3H3,(H,35,38)(H,36,37). The van der Waals surface area contributed by atoms with Crippen LogP contribution in [0.25, 0.3) is 0 Å². The van der Waals surface area contributed by atoms with E-state index in [1.807, 2.05) is 0 Å². The molecule has 2 amide bonds. The van der Waals surface area contributed by atoms with Crippen molar-refractivity contribution in [3.8, 4) is 0 Å². The molecule has 2 aromatic carbocycles. The Balaban J connectivity index is 1.91. The first-order valence-electron chi connectivity index (χ1n) is 12.7. The number of unbranched alkanes of at least 4 members (excludes halogenated alkanes) is 1. The second-order valence-corrected chi connectivity index (χ2v) is 10.2. The van der Waals surface area contributed by atoms with E-state index in [9.17, 15) is 35.9 Å². The Hall–Kier alpha value is -3.28. The van der Waals surface area contributed by atoms with Gasteiger partial charge in [0.2, 0.25) is 5.91 Å². The lowest BCUT2D eigenvalue weighted by Gasteiger charge is -2.20. The van der Waals surface area contributed by atoms with E-state index in [-0.39, 0.29) is 37.1 Å². The number of rotatable bonds is 12. The van der Waals surface area contributed by atoms with Crippen molar-refractivity contribution in [2.24, 2.45) is 0 Å². The van der Waals surface area contributed by atoms with Crippen molar-refractivity contribution in [3.05, 3.63) is 70.8 Å². The zero-order valence-electron chi connectivity index (χ0n) is 22.5. The van der Waals surface area contributed by atoms with Crippen molar-refractivity contribution >= 4 is 12.0 Å². The third-order valence-electron chi connectivity index (χ3n) is 5.55. The molecule has 0 aromatic heterocycles. The zero-order valence-corrected chi connectivity index (χ0v) is 22.5. The van der Waals surface area contributed by atoms with Crippen molar-refractivity contribution < 1.29 is 45.4 Å². The first-order valence-corrected chi connectivity index (χ1v) is 12.7. The Morgan fingerprint density at radius 3 is 2.00 bits per heavy atom. The maximum absolute atomic E-state index is 13.1. The molecule has 0 spiro atoms. The second-order valence-electron chi connectivity index (χ2n) is 10.2. The largest absolute Gasteiger partial charge is 0.444 e. The third-order valence-corrected chi connectivity index (χ3v) is 5.55. The molecule has 1 unspecified atom stereocenters. The number of hydrogen-bond acceptors (Lipinski definition) is 4. The lowest BCUT2D eigenvalue weighted by Crippen LogP contribution is -2.33. The average Bonchev–Trinajstić information content (AvgIpc) is 2.84. The van der Waals surface area contributed by atoms with Crippen LogP contribution in [-0.2, 0) is 33.2 Å². The number of alkyl carbamates (subject to hydrolysis) is 1. The van der Waals surface area contributed by atoms with E-state index in [0.29, 0.717) is 31.5 Å². The minimum absolute atomic E-state index is 0.0539. The number of hydrogen-bond donors (Lipinski definition) is 2. The first-order chi connectivity index (χ1) is 18.5. The lowest BCUT2D eigenvalue weighted by molar-refractivity contribution is -0.143. The van der Waals surface area contributed by atoms with Gasteiger partial charge in [0.05, 0.1) is 24.3 Å². The molecule has 0 aliphatic carbocycles. The summed E-state index contributed by atoms with van der Waals surface area (Å²) in [5.74, 6) is -0.641. The molecule has 0 fully saturated rings. The van der Waals surface area contributed by atoms with Gasteiger partial charge in [-0.2, -0.15) is 26.3 Å². The van der Waals surface area contributed by atoms with Gasteiger partial charge in [0.15, 0.2) is 0 Å². The van der Waals surface area contributed by atoms with E-state index < -0.39 is 47.7 Å². The Morgan fingerprint density at radius 2 is 1.45 bits per heavy atom. The predicted octanol–water partition coefficient (Wildman–Crippen LogP) is 6.84. The topological polar surface area (TPSA) is 76.7 Å². The number of carbonyl (C=O) groups excluding carboxylic acids is 2.